The van der Waals surface area contributed by atoms with E-state index in [9.17, 15) is 4.79 Å². The average molecular weight is 338 g/mol. The van der Waals surface area contributed by atoms with Gasteiger partial charge in [0, 0.05) is 11.6 Å². The van der Waals surface area contributed by atoms with E-state index in [2.05, 4.69) is 12.2 Å². The van der Waals surface area contributed by atoms with Crippen LogP contribution >= 0.6 is 23.2 Å². The van der Waals surface area contributed by atoms with Crippen molar-refractivity contribution >= 4 is 29.1 Å². The molecule has 2 aromatic rings. The lowest BCUT2D eigenvalue weighted by Crippen LogP contribution is -2.31. The number of ether oxygens (including phenoxy) is 1. The van der Waals surface area contributed by atoms with Crippen LogP contribution in [0.15, 0.2) is 48.5 Å². The molecule has 0 aliphatic heterocycles. The molecule has 2 aromatic carbocycles. The summed E-state index contributed by atoms with van der Waals surface area (Å²) in [6, 6.07) is 14.9. The Morgan fingerprint density at radius 3 is 2.59 bits per heavy atom. The molecule has 0 spiro atoms. The van der Waals surface area contributed by atoms with Crippen molar-refractivity contribution in [1.29, 1.82) is 0 Å². The lowest BCUT2D eigenvalue weighted by Gasteiger charge is -2.13. The molecule has 116 valence electrons. The van der Waals surface area contributed by atoms with Crippen LogP contribution in [0.5, 0.6) is 5.75 Å². The summed E-state index contributed by atoms with van der Waals surface area (Å²) in [4.78, 5) is 11.8. The summed E-state index contributed by atoms with van der Waals surface area (Å²) in [6.45, 7) is 2.54. The van der Waals surface area contributed by atoms with Gasteiger partial charge in [0.05, 0.1) is 5.02 Å². The average Bonchev–Trinajstić information content (AvgIpc) is 2.52. The van der Waals surface area contributed by atoms with Gasteiger partial charge in [-0.1, -0.05) is 60.5 Å². The first-order valence-corrected chi connectivity index (χ1v) is 7.71. The van der Waals surface area contributed by atoms with Crippen molar-refractivity contribution in [3.63, 3.8) is 0 Å². The molecule has 5 heteroatoms. The molecule has 0 aliphatic rings. The molecule has 0 saturated carbocycles. The minimum atomic E-state index is -0.186. The minimum absolute atomic E-state index is 0.0805. The summed E-state index contributed by atoms with van der Waals surface area (Å²) in [5.74, 6) is 0.496. The molecule has 1 amide bonds. The predicted octanol–water partition coefficient (Wildman–Crippen LogP) is 4.29. The lowest BCUT2D eigenvalue weighted by atomic mass is 10.0. The number of nitrogens with one attached hydrogen (secondary N) is 1. The van der Waals surface area contributed by atoms with Crippen LogP contribution in [-0.2, 0) is 4.79 Å². The zero-order chi connectivity index (χ0) is 15.9. The Morgan fingerprint density at radius 2 is 1.91 bits per heavy atom. The van der Waals surface area contributed by atoms with Gasteiger partial charge >= 0.3 is 0 Å². The first kappa shape index (κ1) is 16.7. The van der Waals surface area contributed by atoms with Crippen LogP contribution in [0, 0.1) is 0 Å². The van der Waals surface area contributed by atoms with Crippen LogP contribution in [-0.4, -0.2) is 19.1 Å². The van der Waals surface area contributed by atoms with Crippen LogP contribution in [0.4, 0.5) is 0 Å². The van der Waals surface area contributed by atoms with E-state index in [1.54, 1.807) is 18.2 Å². The molecule has 0 radical (unpaired) electrons. The molecule has 3 nitrogen and oxygen atoms in total. The molecule has 0 heterocycles. The minimum Gasteiger partial charge on any atom is -0.482 e. The van der Waals surface area contributed by atoms with E-state index in [1.165, 1.54) is 5.56 Å². The number of carbonyl (C=O) groups is 1. The van der Waals surface area contributed by atoms with Crippen LogP contribution in [0.2, 0.25) is 10.0 Å². The Balaban J connectivity index is 1.78. The molecule has 0 aliphatic carbocycles. The molecule has 2 rings (SSSR count). The third kappa shape index (κ3) is 4.93. The summed E-state index contributed by atoms with van der Waals surface area (Å²) >= 11 is 11.8. The van der Waals surface area contributed by atoms with E-state index < -0.39 is 0 Å². The highest BCUT2D eigenvalue weighted by atomic mass is 35.5. The maximum atomic E-state index is 11.8. The Bertz CT molecular complexity index is 632. The highest BCUT2D eigenvalue weighted by molar-refractivity contribution is 6.35. The van der Waals surface area contributed by atoms with Crippen molar-refractivity contribution in [2.24, 2.45) is 0 Å². The van der Waals surface area contributed by atoms with Gasteiger partial charge in [0.15, 0.2) is 6.61 Å². The Morgan fingerprint density at radius 1 is 1.18 bits per heavy atom. The smallest absolute Gasteiger partial charge is 0.257 e. The molecule has 1 N–H and O–H groups in total. The van der Waals surface area contributed by atoms with E-state index in [0.717, 1.165) is 0 Å². The molecule has 0 saturated heterocycles. The number of carbonyl (C=O) groups excluding carboxylic acids is 1. The number of hydrogen-bond donors (Lipinski definition) is 1. The maximum Gasteiger partial charge on any atom is 0.257 e. The second-order valence-corrected chi connectivity index (χ2v) is 5.82. The number of hydrogen-bond acceptors (Lipinski definition) is 2. The normalized spacial score (nSPS) is 11.8. The zero-order valence-corrected chi connectivity index (χ0v) is 13.7. The topological polar surface area (TPSA) is 38.3 Å². The van der Waals surface area contributed by atoms with Crippen molar-refractivity contribution in [2.45, 2.75) is 12.8 Å². The van der Waals surface area contributed by atoms with Crippen molar-refractivity contribution in [3.05, 3.63) is 64.1 Å². The molecule has 0 unspecified atom stereocenters. The van der Waals surface area contributed by atoms with E-state index >= 15 is 0 Å². The van der Waals surface area contributed by atoms with Gasteiger partial charge in [0.25, 0.3) is 5.91 Å². The number of rotatable bonds is 6. The summed E-state index contributed by atoms with van der Waals surface area (Å²) in [6.07, 6.45) is 0. The van der Waals surface area contributed by atoms with Crippen molar-refractivity contribution in [1.82, 2.24) is 5.32 Å². The maximum absolute atomic E-state index is 11.8. The van der Waals surface area contributed by atoms with E-state index in [-0.39, 0.29) is 18.4 Å². The first-order chi connectivity index (χ1) is 10.6. The van der Waals surface area contributed by atoms with Gasteiger partial charge < -0.3 is 10.1 Å². The fourth-order valence-electron chi connectivity index (χ4n) is 1.95. The van der Waals surface area contributed by atoms with Gasteiger partial charge in [-0.25, -0.2) is 0 Å². The van der Waals surface area contributed by atoms with Crippen molar-refractivity contribution in [2.75, 3.05) is 13.2 Å². The molecule has 22 heavy (non-hydrogen) atoms. The third-order valence-electron chi connectivity index (χ3n) is 3.23. The summed E-state index contributed by atoms with van der Waals surface area (Å²) in [5, 5.41) is 3.76. The van der Waals surface area contributed by atoms with Gasteiger partial charge in [-0.15, -0.1) is 0 Å². The van der Waals surface area contributed by atoms with Crippen LogP contribution in [0.1, 0.15) is 18.4 Å². The standard InChI is InChI=1S/C17H17Cl2NO2/c1-12(13-5-3-2-4-6-13)10-20-17(21)11-22-16-8-7-14(18)9-15(16)19/h2-9,12H,10-11H2,1H3,(H,20,21)/t12-/m1/s1. The SMILES string of the molecule is C[C@H](CNC(=O)COc1ccc(Cl)cc1Cl)c1ccccc1. The zero-order valence-electron chi connectivity index (χ0n) is 12.2. The van der Waals surface area contributed by atoms with Gasteiger partial charge in [0.1, 0.15) is 5.75 Å². The van der Waals surface area contributed by atoms with E-state index in [1.807, 2.05) is 30.3 Å². The summed E-state index contributed by atoms with van der Waals surface area (Å²) in [7, 11) is 0. The molecule has 1 atom stereocenters. The van der Waals surface area contributed by atoms with Gasteiger partial charge in [-0.05, 0) is 29.7 Å². The second-order valence-electron chi connectivity index (χ2n) is 4.98. The highest BCUT2D eigenvalue weighted by Gasteiger charge is 2.09. The quantitative estimate of drug-likeness (QED) is 0.853. The summed E-state index contributed by atoms with van der Waals surface area (Å²) in [5.41, 5.74) is 1.18. The third-order valence-corrected chi connectivity index (χ3v) is 3.76. The van der Waals surface area contributed by atoms with Crippen molar-refractivity contribution in [3.8, 4) is 5.75 Å². The van der Waals surface area contributed by atoms with Gasteiger partial charge in [0.2, 0.25) is 0 Å². The van der Waals surface area contributed by atoms with Gasteiger partial charge in [-0.3, -0.25) is 4.79 Å². The van der Waals surface area contributed by atoms with Crippen LogP contribution in [0.3, 0.4) is 0 Å². The number of halogens is 2. The summed E-state index contributed by atoms with van der Waals surface area (Å²) < 4.78 is 5.39. The Hall–Kier alpha value is -1.71. The lowest BCUT2D eigenvalue weighted by molar-refractivity contribution is -0.123. The fraction of sp³-hybridized carbons (Fsp3) is 0.235. The molecule has 0 aromatic heterocycles. The molecule has 0 fully saturated rings. The van der Waals surface area contributed by atoms with Crippen LogP contribution in [0.25, 0.3) is 0 Å². The monoisotopic (exact) mass is 337 g/mol. The number of amides is 1. The first-order valence-electron chi connectivity index (χ1n) is 6.95. The fourth-order valence-corrected chi connectivity index (χ4v) is 2.42. The van der Waals surface area contributed by atoms with Gasteiger partial charge in [-0.2, -0.15) is 0 Å². The van der Waals surface area contributed by atoms with Crippen LogP contribution < -0.4 is 10.1 Å². The molecular formula is C17H17Cl2NO2. The highest BCUT2D eigenvalue weighted by Crippen LogP contribution is 2.27. The largest absolute Gasteiger partial charge is 0.482 e. The van der Waals surface area contributed by atoms with E-state index in [0.29, 0.717) is 22.3 Å². The number of benzene rings is 2. The molecular weight excluding hydrogens is 321 g/mol. The van der Waals surface area contributed by atoms with E-state index in [4.69, 9.17) is 27.9 Å². The second kappa shape index (κ2) is 8.06. The molecule has 0 bridgehead atoms. The Labute approximate surface area is 140 Å². The Kier molecular flexibility index (Phi) is 6.10. The predicted molar refractivity (Wildman–Crippen MR) is 89.8 cm³/mol. The van der Waals surface area contributed by atoms with Crippen molar-refractivity contribution < 1.29 is 9.53 Å².